The number of aliphatic carboxylic acids is 1. The second kappa shape index (κ2) is 5.64. The molecule has 110 valence electrons. The Labute approximate surface area is 118 Å². The van der Waals surface area contributed by atoms with E-state index in [0.29, 0.717) is 5.56 Å². The van der Waals surface area contributed by atoms with Gasteiger partial charge in [0, 0.05) is 24.2 Å². The fraction of sp³-hybridized carbons (Fsp3) is 0.643. The Morgan fingerprint density at radius 3 is 2.55 bits per heavy atom. The van der Waals surface area contributed by atoms with Crippen molar-refractivity contribution in [2.24, 2.45) is 12.5 Å². The average Bonchev–Trinajstić information content (AvgIpc) is 2.82. The van der Waals surface area contributed by atoms with Crippen LogP contribution in [0.5, 0.6) is 0 Å². The van der Waals surface area contributed by atoms with E-state index >= 15 is 0 Å². The zero-order chi connectivity index (χ0) is 14.8. The van der Waals surface area contributed by atoms with Crippen molar-refractivity contribution < 1.29 is 14.7 Å². The van der Waals surface area contributed by atoms with Crippen LogP contribution in [0.25, 0.3) is 0 Å². The molecule has 6 nitrogen and oxygen atoms in total. The minimum absolute atomic E-state index is 0.173. The molecule has 2 rings (SSSR count). The number of carboxylic acid groups (broad SMARTS) is 1. The van der Waals surface area contributed by atoms with Crippen LogP contribution >= 0.6 is 0 Å². The Kier molecular flexibility index (Phi) is 4.11. The van der Waals surface area contributed by atoms with Gasteiger partial charge in [-0.15, -0.1) is 0 Å². The molecule has 0 bridgehead atoms. The van der Waals surface area contributed by atoms with Gasteiger partial charge in [0.25, 0.3) is 0 Å². The van der Waals surface area contributed by atoms with E-state index in [9.17, 15) is 14.7 Å². The maximum atomic E-state index is 12.4. The predicted molar refractivity (Wildman–Crippen MR) is 72.9 cm³/mol. The van der Waals surface area contributed by atoms with Gasteiger partial charge in [-0.1, -0.05) is 26.2 Å². The van der Waals surface area contributed by atoms with Crippen molar-refractivity contribution >= 4 is 11.9 Å². The number of hydrogen-bond acceptors (Lipinski definition) is 3. The molecule has 0 saturated heterocycles. The highest BCUT2D eigenvalue weighted by Gasteiger charge is 2.37. The fourth-order valence-corrected chi connectivity index (χ4v) is 2.74. The first-order valence-electron chi connectivity index (χ1n) is 6.95. The topological polar surface area (TPSA) is 84.2 Å². The summed E-state index contributed by atoms with van der Waals surface area (Å²) in [7, 11) is 1.71. The van der Waals surface area contributed by atoms with Crippen LogP contribution in [0.1, 0.15) is 50.6 Å². The number of nitrogens with one attached hydrogen (secondary N) is 1. The van der Waals surface area contributed by atoms with Crippen LogP contribution in [0.2, 0.25) is 0 Å². The highest BCUT2D eigenvalue weighted by atomic mass is 16.4. The number of aromatic nitrogens is 2. The molecule has 6 heteroatoms. The molecule has 1 saturated carbocycles. The number of aryl methyl sites for hydroxylation is 1. The van der Waals surface area contributed by atoms with Crippen LogP contribution in [0.15, 0.2) is 12.4 Å². The average molecular weight is 279 g/mol. The Morgan fingerprint density at radius 2 is 2.05 bits per heavy atom. The minimum Gasteiger partial charge on any atom is -0.479 e. The van der Waals surface area contributed by atoms with Gasteiger partial charge in [0.05, 0.1) is 6.20 Å². The minimum atomic E-state index is -1.06. The fourth-order valence-electron chi connectivity index (χ4n) is 2.74. The monoisotopic (exact) mass is 279 g/mol. The van der Waals surface area contributed by atoms with Gasteiger partial charge in [-0.2, -0.15) is 5.10 Å². The van der Waals surface area contributed by atoms with Crippen LogP contribution < -0.4 is 5.32 Å². The number of hydrogen-bond donors (Lipinski definition) is 2. The lowest BCUT2D eigenvalue weighted by molar-refractivity contribution is -0.144. The standard InChI is InChI=1S/C14H21N3O3/c1-14(6-4-3-5-7-14)13(20)16-11(12(18)19)10-8-15-17(2)9-10/h8-9,11H,3-7H2,1-2H3,(H,16,20)(H,18,19). The van der Waals surface area contributed by atoms with E-state index < -0.39 is 17.4 Å². The van der Waals surface area contributed by atoms with Crippen molar-refractivity contribution in [2.75, 3.05) is 0 Å². The van der Waals surface area contributed by atoms with Gasteiger partial charge in [-0.25, -0.2) is 4.79 Å². The van der Waals surface area contributed by atoms with Crippen molar-refractivity contribution in [2.45, 2.75) is 45.1 Å². The summed E-state index contributed by atoms with van der Waals surface area (Å²) >= 11 is 0. The van der Waals surface area contributed by atoms with Crippen LogP contribution in [0, 0.1) is 5.41 Å². The van der Waals surface area contributed by atoms with E-state index in [-0.39, 0.29) is 5.91 Å². The molecule has 20 heavy (non-hydrogen) atoms. The number of carbonyl (C=O) groups is 2. The Morgan fingerprint density at radius 1 is 1.40 bits per heavy atom. The molecular weight excluding hydrogens is 258 g/mol. The maximum Gasteiger partial charge on any atom is 0.331 e. The molecule has 1 amide bonds. The Bertz CT molecular complexity index is 504. The van der Waals surface area contributed by atoms with Gasteiger partial charge in [0.2, 0.25) is 5.91 Å². The Hall–Kier alpha value is -1.85. The third-order valence-corrected chi connectivity index (χ3v) is 4.09. The first kappa shape index (κ1) is 14.6. The maximum absolute atomic E-state index is 12.4. The summed E-state index contributed by atoms with van der Waals surface area (Å²) in [6.45, 7) is 1.92. The van der Waals surface area contributed by atoms with E-state index in [0.717, 1.165) is 32.1 Å². The lowest BCUT2D eigenvalue weighted by atomic mass is 9.75. The molecule has 1 aromatic heterocycles. The second-order valence-corrected chi connectivity index (χ2v) is 5.81. The van der Waals surface area contributed by atoms with Crippen molar-refractivity contribution in [1.29, 1.82) is 0 Å². The number of rotatable bonds is 4. The number of amides is 1. The summed E-state index contributed by atoms with van der Waals surface area (Å²) in [5.74, 6) is -1.24. The molecule has 1 heterocycles. The van der Waals surface area contributed by atoms with Crippen LogP contribution in [0.4, 0.5) is 0 Å². The molecule has 2 N–H and O–H groups in total. The summed E-state index contributed by atoms with van der Waals surface area (Å²) in [5.41, 5.74) is 0.0431. The van der Waals surface area contributed by atoms with E-state index in [4.69, 9.17) is 0 Å². The first-order chi connectivity index (χ1) is 9.42. The van der Waals surface area contributed by atoms with Crippen LogP contribution in [-0.4, -0.2) is 26.8 Å². The van der Waals surface area contributed by atoms with Gasteiger partial charge in [0.15, 0.2) is 6.04 Å². The zero-order valence-electron chi connectivity index (χ0n) is 11.9. The molecule has 1 aliphatic rings. The van der Waals surface area contributed by atoms with E-state index in [1.54, 1.807) is 13.2 Å². The SMILES string of the molecule is Cn1cc(C(NC(=O)C2(C)CCCCC2)C(=O)O)cn1. The van der Waals surface area contributed by atoms with Crippen molar-refractivity contribution in [3.63, 3.8) is 0 Å². The summed E-state index contributed by atoms with van der Waals surface area (Å²) in [6.07, 6.45) is 7.91. The number of nitrogens with zero attached hydrogens (tertiary/aromatic N) is 2. The van der Waals surface area contributed by atoms with E-state index in [1.807, 2.05) is 6.92 Å². The van der Waals surface area contributed by atoms with Gasteiger partial charge in [-0.3, -0.25) is 9.48 Å². The normalized spacial score (nSPS) is 19.3. The number of carbonyl (C=O) groups excluding carboxylic acids is 1. The third-order valence-electron chi connectivity index (χ3n) is 4.09. The molecular formula is C14H21N3O3. The highest BCUT2D eigenvalue weighted by molar-refractivity contribution is 5.87. The summed E-state index contributed by atoms with van der Waals surface area (Å²) in [4.78, 5) is 23.8. The third kappa shape index (κ3) is 3.00. The predicted octanol–water partition coefficient (Wildman–Crippen LogP) is 1.63. The van der Waals surface area contributed by atoms with Crippen LogP contribution in [0.3, 0.4) is 0 Å². The quantitative estimate of drug-likeness (QED) is 0.877. The second-order valence-electron chi connectivity index (χ2n) is 5.81. The Balaban J connectivity index is 2.12. The van der Waals surface area contributed by atoms with Gasteiger partial charge in [0.1, 0.15) is 0 Å². The summed E-state index contributed by atoms with van der Waals surface area (Å²) in [5, 5.41) is 15.9. The molecule has 0 spiro atoms. The largest absolute Gasteiger partial charge is 0.479 e. The molecule has 0 aromatic carbocycles. The molecule has 1 aliphatic carbocycles. The van der Waals surface area contributed by atoms with Crippen LogP contribution in [-0.2, 0) is 16.6 Å². The van der Waals surface area contributed by atoms with E-state index in [2.05, 4.69) is 10.4 Å². The zero-order valence-corrected chi connectivity index (χ0v) is 11.9. The lowest BCUT2D eigenvalue weighted by Gasteiger charge is -2.33. The molecule has 0 radical (unpaired) electrons. The van der Waals surface area contributed by atoms with Crippen molar-refractivity contribution in [3.8, 4) is 0 Å². The molecule has 1 unspecified atom stereocenters. The van der Waals surface area contributed by atoms with E-state index in [1.165, 1.54) is 10.9 Å². The molecule has 1 atom stereocenters. The van der Waals surface area contributed by atoms with Gasteiger partial charge in [-0.05, 0) is 12.8 Å². The summed E-state index contributed by atoms with van der Waals surface area (Å²) in [6, 6.07) is -1.03. The first-order valence-corrected chi connectivity index (χ1v) is 6.95. The smallest absolute Gasteiger partial charge is 0.331 e. The molecule has 1 fully saturated rings. The lowest BCUT2D eigenvalue weighted by Crippen LogP contribution is -2.44. The number of carboxylic acids is 1. The van der Waals surface area contributed by atoms with Gasteiger partial charge < -0.3 is 10.4 Å². The molecule has 1 aromatic rings. The van der Waals surface area contributed by atoms with Crippen molar-refractivity contribution in [3.05, 3.63) is 18.0 Å². The highest BCUT2D eigenvalue weighted by Crippen LogP contribution is 2.36. The van der Waals surface area contributed by atoms with Gasteiger partial charge >= 0.3 is 5.97 Å². The van der Waals surface area contributed by atoms with Crippen molar-refractivity contribution in [1.82, 2.24) is 15.1 Å². The summed E-state index contributed by atoms with van der Waals surface area (Å²) < 4.78 is 1.53. The molecule has 0 aliphatic heterocycles.